The minimum Gasteiger partial charge on any atom is -0.364 e. The smallest absolute Gasteiger partial charge is 0.185 e. The summed E-state index contributed by atoms with van der Waals surface area (Å²) < 4.78 is 0. The normalized spacial score (nSPS) is 15.3. The molecule has 0 saturated carbocycles. The van der Waals surface area contributed by atoms with Crippen LogP contribution in [0.15, 0.2) is 12.3 Å². The quantitative estimate of drug-likeness (QED) is 0.530. The summed E-state index contributed by atoms with van der Waals surface area (Å²) in [5.74, 6) is 1.03. The van der Waals surface area contributed by atoms with Crippen molar-refractivity contribution in [3.63, 3.8) is 0 Å². The third-order valence-electron chi connectivity index (χ3n) is 1.47. The molecule has 0 unspecified atom stereocenters. The second-order valence-electron chi connectivity index (χ2n) is 2.04. The van der Waals surface area contributed by atoms with Gasteiger partial charge in [-0.3, -0.25) is 4.79 Å². The molecule has 0 spiro atoms. The molecule has 1 aromatic rings. The first-order valence-corrected chi connectivity index (χ1v) is 2.82. The summed E-state index contributed by atoms with van der Waals surface area (Å²) in [6, 6.07) is 1.79. The SMILES string of the molecule is O=C1CNc2[nH]ccc21. The van der Waals surface area contributed by atoms with Gasteiger partial charge in [0.25, 0.3) is 0 Å². The topological polar surface area (TPSA) is 44.9 Å². The lowest BCUT2D eigenvalue weighted by molar-refractivity contribution is 0.101. The lowest BCUT2D eigenvalue weighted by Crippen LogP contribution is -2.01. The average Bonchev–Trinajstić information content (AvgIpc) is 2.35. The zero-order valence-electron chi connectivity index (χ0n) is 4.77. The number of aromatic amines is 1. The number of hydrogen-bond acceptors (Lipinski definition) is 2. The molecule has 3 nitrogen and oxygen atoms in total. The van der Waals surface area contributed by atoms with E-state index in [0.717, 1.165) is 11.4 Å². The van der Waals surface area contributed by atoms with Crippen LogP contribution in [0.4, 0.5) is 5.82 Å². The van der Waals surface area contributed by atoms with Crippen LogP contribution < -0.4 is 5.32 Å². The molecule has 3 heteroatoms. The van der Waals surface area contributed by atoms with Gasteiger partial charge in [-0.2, -0.15) is 0 Å². The number of hydrogen-bond donors (Lipinski definition) is 2. The summed E-state index contributed by atoms with van der Waals surface area (Å²) in [4.78, 5) is 13.8. The Kier molecular flexibility index (Phi) is 0.704. The average molecular weight is 122 g/mol. The third kappa shape index (κ3) is 0.483. The van der Waals surface area contributed by atoms with E-state index in [1.54, 1.807) is 12.3 Å². The first kappa shape index (κ1) is 4.61. The summed E-state index contributed by atoms with van der Waals surface area (Å²) in [5.41, 5.74) is 0.787. The Hall–Kier alpha value is -1.25. The molecule has 2 heterocycles. The standard InChI is InChI=1S/C6H6N2O/c9-5-3-8-6-4(5)1-2-7-6/h1-2,7-8H,3H2. The van der Waals surface area contributed by atoms with Gasteiger partial charge < -0.3 is 10.3 Å². The Morgan fingerprint density at radius 1 is 1.56 bits per heavy atom. The van der Waals surface area contributed by atoms with Gasteiger partial charge in [-0.05, 0) is 6.07 Å². The number of aromatic nitrogens is 1. The number of Topliss-reactive ketones (excluding diaryl/α,β-unsaturated/α-hetero) is 1. The molecular weight excluding hydrogens is 116 g/mol. The van der Waals surface area contributed by atoms with E-state index in [4.69, 9.17) is 0 Å². The fourth-order valence-electron chi connectivity index (χ4n) is 1.01. The zero-order chi connectivity index (χ0) is 6.27. The van der Waals surface area contributed by atoms with Crippen LogP contribution in [0.25, 0.3) is 0 Å². The zero-order valence-corrected chi connectivity index (χ0v) is 4.77. The van der Waals surface area contributed by atoms with Crippen molar-refractivity contribution in [3.8, 4) is 0 Å². The minimum absolute atomic E-state index is 0.172. The summed E-state index contributed by atoms with van der Waals surface area (Å²) in [6.07, 6.45) is 1.76. The predicted molar refractivity (Wildman–Crippen MR) is 33.6 cm³/mol. The number of fused-ring (bicyclic) bond motifs is 1. The van der Waals surface area contributed by atoms with Gasteiger partial charge in [-0.15, -0.1) is 0 Å². The van der Waals surface area contributed by atoms with Crippen LogP contribution in [-0.4, -0.2) is 17.3 Å². The van der Waals surface area contributed by atoms with Crippen LogP contribution in [0.1, 0.15) is 10.4 Å². The van der Waals surface area contributed by atoms with Gasteiger partial charge in [0.2, 0.25) is 0 Å². The van der Waals surface area contributed by atoms with Gasteiger partial charge >= 0.3 is 0 Å². The minimum atomic E-state index is 0.172. The molecule has 0 bridgehead atoms. The van der Waals surface area contributed by atoms with Gasteiger partial charge in [-0.25, -0.2) is 0 Å². The number of ketones is 1. The van der Waals surface area contributed by atoms with E-state index in [1.165, 1.54) is 0 Å². The number of nitrogens with one attached hydrogen (secondary N) is 2. The van der Waals surface area contributed by atoms with Gasteiger partial charge in [0.15, 0.2) is 5.78 Å². The molecule has 0 radical (unpaired) electrons. The number of carbonyl (C=O) groups is 1. The van der Waals surface area contributed by atoms with Crippen molar-refractivity contribution in [2.24, 2.45) is 0 Å². The monoisotopic (exact) mass is 122 g/mol. The molecule has 46 valence electrons. The fraction of sp³-hybridized carbons (Fsp3) is 0.167. The van der Waals surface area contributed by atoms with Crippen molar-refractivity contribution in [1.82, 2.24) is 4.98 Å². The van der Waals surface area contributed by atoms with Crippen molar-refractivity contribution < 1.29 is 4.79 Å². The van der Waals surface area contributed by atoms with Crippen LogP contribution in [0.2, 0.25) is 0 Å². The van der Waals surface area contributed by atoms with Crippen molar-refractivity contribution >= 4 is 11.6 Å². The van der Waals surface area contributed by atoms with Gasteiger partial charge in [0.05, 0.1) is 12.1 Å². The van der Waals surface area contributed by atoms with Crippen LogP contribution >= 0.6 is 0 Å². The summed E-state index contributed by atoms with van der Waals surface area (Å²) >= 11 is 0. The van der Waals surface area contributed by atoms with E-state index in [-0.39, 0.29) is 5.78 Å². The molecule has 0 aromatic carbocycles. The molecule has 1 aliphatic heterocycles. The Bertz CT molecular complexity index is 251. The van der Waals surface area contributed by atoms with Gasteiger partial charge in [0.1, 0.15) is 5.82 Å². The molecule has 9 heavy (non-hydrogen) atoms. The fourth-order valence-corrected chi connectivity index (χ4v) is 1.01. The van der Waals surface area contributed by atoms with Crippen molar-refractivity contribution in [2.75, 3.05) is 11.9 Å². The molecule has 2 N–H and O–H groups in total. The highest BCUT2D eigenvalue weighted by atomic mass is 16.1. The van der Waals surface area contributed by atoms with Crippen LogP contribution in [0.5, 0.6) is 0 Å². The lowest BCUT2D eigenvalue weighted by Gasteiger charge is -1.86. The maximum absolute atomic E-state index is 10.8. The molecule has 1 aromatic heterocycles. The number of carbonyl (C=O) groups excluding carboxylic acids is 1. The van der Waals surface area contributed by atoms with Crippen molar-refractivity contribution in [3.05, 3.63) is 17.8 Å². The van der Waals surface area contributed by atoms with E-state index in [2.05, 4.69) is 10.3 Å². The van der Waals surface area contributed by atoms with E-state index < -0.39 is 0 Å². The molecule has 0 aliphatic carbocycles. The second-order valence-corrected chi connectivity index (χ2v) is 2.04. The summed E-state index contributed by atoms with van der Waals surface area (Å²) in [5, 5.41) is 2.92. The molecule has 1 aliphatic rings. The van der Waals surface area contributed by atoms with Crippen LogP contribution in [0, 0.1) is 0 Å². The number of rotatable bonds is 0. The van der Waals surface area contributed by atoms with Crippen LogP contribution in [0.3, 0.4) is 0 Å². The molecule has 0 amide bonds. The Morgan fingerprint density at radius 3 is 3.22 bits per heavy atom. The van der Waals surface area contributed by atoms with E-state index in [9.17, 15) is 4.79 Å². The van der Waals surface area contributed by atoms with Crippen molar-refractivity contribution in [1.29, 1.82) is 0 Å². The molecular formula is C6H6N2O. The first-order valence-electron chi connectivity index (χ1n) is 2.82. The third-order valence-corrected chi connectivity index (χ3v) is 1.47. The maximum atomic E-state index is 10.8. The predicted octanol–water partition coefficient (Wildman–Crippen LogP) is 0.623. The number of anilines is 1. The Labute approximate surface area is 52.1 Å². The molecule has 0 fully saturated rings. The van der Waals surface area contributed by atoms with Crippen molar-refractivity contribution in [2.45, 2.75) is 0 Å². The highest BCUT2D eigenvalue weighted by Gasteiger charge is 2.18. The maximum Gasteiger partial charge on any atom is 0.185 e. The largest absolute Gasteiger partial charge is 0.364 e. The molecule has 2 rings (SSSR count). The summed E-state index contributed by atoms with van der Waals surface area (Å²) in [7, 11) is 0. The second kappa shape index (κ2) is 1.37. The van der Waals surface area contributed by atoms with Crippen LogP contribution in [-0.2, 0) is 0 Å². The van der Waals surface area contributed by atoms with E-state index >= 15 is 0 Å². The van der Waals surface area contributed by atoms with E-state index in [1.807, 2.05) is 0 Å². The van der Waals surface area contributed by atoms with Gasteiger partial charge in [0, 0.05) is 6.20 Å². The molecule has 0 atom stereocenters. The Morgan fingerprint density at radius 2 is 2.44 bits per heavy atom. The van der Waals surface area contributed by atoms with Gasteiger partial charge in [-0.1, -0.05) is 0 Å². The summed E-state index contributed by atoms with van der Waals surface area (Å²) in [6.45, 7) is 0.446. The highest BCUT2D eigenvalue weighted by Crippen LogP contribution is 2.18. The first-order chi connectivity index (χ1) is 4.38. The Balaban J connectivity index is 2.61. The molecule has 0 saturated heterocycles. The number of H-pyrrole nitrogens is 1. The lowest BCUT2D eigenvalue weighted by atomic mass is 10.2. The highest BCUT2D eigenvalue weighted by molar-refractivity contribution is 6.07. The van der Waals surface area contributed by atoms with E-state index in [0.29, 0.717) is 6.54 Å².